The van der Waals surface area contributed by atoms with Crippen LogP contribution in [-0.2, 0) is 4.74 Å². The van der Waals surface area contributed by atoms with Gasteiger partial charge in [-0.3, -0.25) is 0 Å². The van der Waals surface area contributed by atoms with Gasteiger partial charge in [0.1, 0.15) is 12.3 Å². The van der Waals surface area contributed by atoms with Gasteiger partial charge in [-0.1, -0.05) is 19.1 Å². The maximum absolute atomic E-state index is 13.9. The minimum Gasteiger partial charge on any atom is -0.496 e. The Morgan fingerprint density at radius 1 is 1.57 bits per heavy atom. The number of rotatable bonds is 4. The van der Waals surface area contributed by atoms with Crippen molar-refractivity contribution in [2.24, 2.45) is 10.8 Å². The van der Waals surface area contributed by atoms with Crippen molar-refractivity contribution in [3.8, 4) is 0 Å². The number of nitrogens with zero attached hydrogens (tertiary/aromatic N) is 1. The Kier molecular flexibility index (Phi) is 5.22. The number of nitrogens with two attached hydrogens (primary N) is 1. The average molecular weight is 298 g/mol. The highest BCUT2D eigenvalue weighted by atomic mass is 19.3. The van der Waals surface area contributed by atoms with E-state index in [4.69, 9.17) is 10.5 Å². The van der Waals surface area contributed by atoms with E-state index in [-0.39, 0.29) is 6.42 Å². The predicted molar refractivity (Wildman–Crippen MR) is 75.5 cm³/mol. The summed E-state index contributed by atoms with van der Waals surface area (Å²) >= 11 is 0. The van der Waals surface area contributed by atoms with Crippen molar-refractivity contribution in [1.29, 1.82) is 0 Å². The zero-order valence-corrected chi connectivity index (χ0v) is 12.2. The molecule has 0 saturated heterocycles. The molecule has 21 heavy (non-hydrogen) atoms. The van der Waals surface area contributed by atoms with E-state index in [0.717, 1.165) is 12.0 Å². The minimum atomic E-state index is -2.82. The number of hydrogen-bond donors (Lipinski definition) is 2. The molecule has 0 amide bonds. The van der Waals surface area contributed by atoms with Crippen LogP contribution in [0.5, 0.6) is 0 Å². The molecule has 0 aromatic heterocycles. The van der Waals surface area contributed by atoms with Crippen LogP contribution < -0.4 is 10.8 Å². The van der Waals surface area contributed by atoms with Gasteiger partial charge in [-0.25, -0.2) is 0 Å². The quantitative estimate of drug-likeness (QED) is 0.777. The molecule has 2 atom stereocenters. The summed E-state index contributed by atoms with van der Waals surface area (Å²) in [6, 6.07) is -1.71. The number of hydrogen-bond acceptors (Lipinski definition) is 3. The maximum Gasteiger partial charge on any atom is 0.311 e. The third-order valence-corrected chi connectivity index (χ3v) is 3.67. The van der Waals surface area contributed by atoms with Gasteiger partial charge in [0.05, 0.1) is 12.3 Å². The molecule has 116 valence electrons. The fraction of sp³-hybridized carbons (Fsp3) is 0.600. The lowest BCUT2D eigenvalue weighted by Gasteiger charge is -2.28. The highest BCUT2D eigenvalue weighted by Gasteiger charge is 2.50. The first-order valence-corrected chi connectivity index (χ1v) is 7.33. The SMILES string of the molecule is CC/C=C/C1=COCC=C1N=[NH+][C@@H]1[C@H](N)CCCC1(F)F. The Hall–Kier alpha value is -1.56. The summed E-state index contributed by atoms with van der Waals surface area (Å²) in [5.74, 6) is -2.82. The van der Waals surface area contributed by atoms with E-state index in [1.165, 1.54) is 0 Å². The molecule has 1 fully saturated rings. The lowest BCUT2D eigenvalue weighted by Crippen LogP contribution is -2.85. The molecule has 4 nitrogen and oxygen atoms in total. The van der Waals surface area contributed by atoms with Gasteiger partial charge in [0.25, 0.3) is 6.04 Å². The number of azo groups is 1. The van der Waals surface area contributed by atoms with Crippen LogP contribution in [0.15, 0.2) is 40.9 Å². The van der Waals surface area contributed by atoms with Crippen LogP contribution in [0.1, 0.15) is 32.6 Å². The predicted octanol–water partition coefficient (Wildman–Crippen LogP) is 1.80. The monoisotopic (exact) mass is 298 g/mol. The second kappa shape index (κ2) is 6.93. The van der Waals surface area contributed by atoms with Crippen molar-refractivity contribution in [1.82, 2.24) is 0 Å². The molecule has 1 aliphatic heterocycles. The maximum atomic E-state index is 13.9. The Morgan fingerprint density at radius 3 is 3.10 bits per heavy atom. The van der Waals surface area contributed by atoms with Crippen molar-refractivity contribution in [3.05, 3.63) is 35.8 Å². The van der Waals surface area contributed by atoms with E-state index < -0.39 is 18.0 Å². The molecule has 0 bridgehead atoms. The smallest absolute Gasteiger partial charge is 0.311 e. The summed E-state index contributed by atoms with van der Waals surface area (Å²) in [4.78, 5) is 0. The number of allylic oxidation sites excluding steroid dienone is 2. The summed E-state index contributed by atoms with van der Waals surface area (Å²) in [6.07, 6.45) is 8.95. The average Bonchev–Trinajstić information content (AvgIpc) is 2.45. The van der Waals surface area contributed by atoms with E-state index >= 15 is 0 Å². The highest BCUT2D eigenvalue weighted by Crippen LogP contribution is 2.30. The molecule has 1 aliphatic carbocycles. The lowest BCUT2D eigenvalue weighted by atomic mass is 9.88. The second-order valence-electron chi connectivity index (χ2n) is 5.34. The zero-order valence-electron chi connectivity index (χ0n) is 12.2. The van der Waals surface area contributed by atoms with Crippen LogP contribution in [0.25, 0.3) is 0 Å². The van der Waals surface area contributed by atoms with E-state index in [2.05, 4.69) is 10.2 Å². The normalized spacial score (nSPS) is 29.3. The first kappa shape index (κ1) is 15.8. The van der Waals surface area contributed by atoms with Gasteiger partial charge in [0, 0.05) is 12.0 Å². The summed E-state index contributed by atoms with van der Waals surface area (Å²) in [5, 5.41) is 6.73. The fourth-order valence-corrected chi connectivity index (χ4v) is 2.46. The Morgan fingerprint density at radius 2 is 2.38 bits per heavy atom. The van der Waals surface area contributed by atoms with Gasteiger partial charge in [-0.2, -0.15) is 8.78 Å². The van der Waals surface area contributed by atoms with Crippen molar-refractivity contribution in [2.75, 3.05) is 6.61 Å². The number of alkyl halides is 2. The van der Waals surface area contributed by atoms with E-state index in [1.807, 2.05) is 19.1 Å². The number of ether oxygens (including phenoxy) is 1. The molecule has 0 aromatic rings. The van der Waals surface area contributed by atoms with Crippen molar-refractivity contribution in [3.63, 3.8) is 0 Å². The molecule has 0 aromatic carbocycles. The van der Waals surface area contributed by atoms with Crippen LogP contribution in [-0.4, -0.2) is 24.6 Å². The molecule has 6 heteroatoms. The first-order valence-electron chi connectivity index (χ1n) is 7.33. The standard InChI is InChI=1S/C15H21F2N3O/c1-2-3-5-11-10-21-9-7-13(11)19-20-14-12(18)6-4-8-15(14,16)17/h3,5,7,10,12,14H,2,4,6,8-9,18H2,1H3/p+1/b5-3+,20-19?/t12-,14-/m1/s1. The van der Waals surface area contributed by atoms with Crippen LogP contribution >= 0.6 is 0 Å². The highest BCUT2D eigenvalue weighted by molar-refractivity contribution is 5.38. The van der Waals surface area contributed by atoms with Gasteiger partial charge in [0.15, 0.2) is 0 Å². The molecule has 0 unspecified atom stereocenters. The molecule has 2 aliphatic rings. The first-order chi connectivity index (χ1) is 10.0. The number of halogens is 2. The van der Waals surface area contributed by atoms with Crippen molar-refractivity contribution >= 4 is 0 Å². The molecular formula is C15H22F2N3O+. The van der Waals surface area contributed by atoms with Crippen LogP contribution in [0.3, 0.4) is 0 Å². The van der Waals surface area contributed by atoms with Crippen molar-refractivity contribution in [2.45, 2.75) is 50.6 Å². The van der Waals surface area contributed by atoms with Crippen LogP contribution in [0, 0.1) is 0 Å². The topological polar surface area (TPSA) is 61.6 Å². The molecule has 0 radical (unpaired) electrons. The van der Waals surface area contributed by atoms with Crippen molar-refractivity contribution < 1.29 is 18.6 Å². The van der Waals surface area contributed by atoms with Gasteiger partial charge in [0.2, 0.25) is 0 Å². The third-order valence-electron chi connectivity index (χ3n) is 3.67. The third kappa shape index (κ3) is 3.97. The Balaban J connectivity index is 2.13. The Labute approximate surface area is 123 Å². The number of nitrogens with one attached hydrogen (secondary N) is 1. The van der Waals surface area contributed by atoms with Gasteiger partial charge < -0.3 is 10.5 Å². The lowest BCUT2D eigenvalue weighted by molar-refractivity contribution is -0.601. The summed E-state index contributed by atoms with van der Waals surface area (Å²) in [7, 11) is 0. The van der Waals surface area contributed by atoms with Gasteiger partial charge >= 0.3 is 5.92 Å². The summed E-state index contributed by atoms with van der Waals surface area (Å²) in [6.45, 7) is 2.40. The molecule has 3 N–H and O–H groups in total. The molecule has 1 heterocycles. The van der Waals surface area contributed by atoms with Crippen LogP contribution in [0.2, 0.25) is 0 Å². The second-order valence-corrected chi connectivity index (χ2v) is 5.34. The summed E-state index contributed by atoms with van der Waals surface area (Å²) in [5.41, 5.74) is 7.19. The van der Waals surface area contributed by atoms with Gasteiger partial charge in [-0.15, -0.1) is 5.11 Å². The Bertz CT molecular complexity index is 483. The van der Waals surface area contributed by atoms with E-state index in [0.29, 0.717) is 25.1 Å². The molecule has 0 spiro atoms. The van der Waals surface area contributed by atoms with E-state index in [9.17, 15) is 8.78 Å². The molecular weight excluding hydrogens is 276 g/mol. The molecule has 1 saturated carbocycles. The van der Waals surface area contributed by atoms with Crippen LogP contribution in [0.4, 0.5) is 8.78 Å². The minimum absolute atomic E-state index is 0.144. The zero-order chi connectivity index (χ0) is 15.3. The van der Waals surface area contributed by atoms with E-state index in [1.54, 1.807) is 12.3 Å². The fourth-order valence-electron chi connectivity index (χ4n) is 2.46. The summed E-state index contributed by atoms with van der Waals surface area (Å²) < 4.78 is 33.0. The largest absolute Gasteiger partial charge is 0.496 e. The van der Waals surface area contributed by atoms with Gasteiger partial charge in [-0.05, 0) is 30.5 Å². The molecule has 2 rings (SSSR count).